The lowest BCUT2D eigenvalue weighted by atomic mass is 9.92. The van der Waals surface area contributed by atoms with Gasteiger partial charge in [0, 0.05) is 17.6 Å². The molecule has 1 saturated heterocycles. The topological polar surface area (TPSA) is 71.8 Å². The molecule has 2 N–H and O–H groups in total. The lowest BCUT2D eigenvalue weighted by Crippen LogP contribution is -2.40. The van der Waals surface area contributed by atoms with Crippen molar-refractivity contribution in [3.63, 3.8) is 0 Å². The van der Waals surface area contributed by atoms with E-state index in [9.17, 15) is 4.79 Å². The molecule has 2 aromatic rings. The summed E-state index contributed by atoms with van der Waals surface area (Å²) in [6, 6.07) is 7.94. The van der Waals surface area contributed by atoms with Crippen LogP contribution in [0.3, 0.4) is 0 Å². The highest BCUT2D eigenvalue weighted by atomic mass is 16.1. The Kier molecular flexibility index (Phi) is 3.96. The van der Waals surface area contributed by atoms with Gasteiger partial charge in [0.2, 0.25) is 5.91 Å². The molecule has 1 aromatic heterocycles. The Morgan fingerprint density at radius 1 is 1.29 bits per heavy atom. The van der Waals surface area contributed by atoms with Gasteiger partial charge in [0.1, 0.15) is 0 Å². The van der Waals surface area contributed by atoms with Gasteiger partial charge >= 0.3 is 0 Å². The minimum Gasteiger partial charge on any atom is -0.326 e. The van der Waals surface area contributed by atoms with Crippen molar-refractivity contribution in [1.29, 1.82) is 0 Å². The van der Waals surface area contributed by atoms with E-state index in [2.05, 4.69) is 27.8 Å². The number of anilines is 1. The monoisotopic (exact) mass is 285 g/mol. The van der Waals surface area contributed by atoms with Gasteiger partial charge in [-0.3, -0.25) is 4.79 Å². The minimum absolute atomic E-state index is 0.0914. The van der Waals surface area contributed by atoms with Gasteiger partial charge in [-0.15, -0.1) is 0 Å². The van der Waals surface area contributed by atoms with Crippen molar-refractivity contribution in [3.05, 3.63) is 36.7 Å². The van der Waals surface area contributed by atoms with Gasteiger partial charge in [-0.05, 0) is 50.6 Å². The van der Waals surface area contributed by atoms with Crippen molar-refractivity contribution in [2.75, 3.05) is 11.9 Å². The maximum absolute atomic E-state index is 12.3. The minimum atomic E-state index is 0.0914. The quantitative estimate of drug-likeness (QED) is 0.898. The van der Waals surface area contributed by atoms with Crippen molar-refractivity contribution < 1.29 is 4.79 Å². The van der Waals surface area contributed by atoms with Crippen LogP contribution in [0, 0.1) is 5.92 Å². The van der Waals surface area contributed by atoms with Gasteiger partial charge < -0.3 is 10.6 Å². The second-order valence-corrected chi connectivity index (χ2v) is 5.43. The molecule has 1 aromatic carbocycles. The molecule has 3 rings (SSSR count). The summed E-state index contributed by atoms with van der Waals surface area (Å²) in [5.41, 5.74) is 1.68. The van der Waals surface area contributed by atoms with Crippen LogP contribution in [0.4, 0.5) is 5.69 Å². The summed E-state index contributed by atoms with van der Waals surface area (Å²) in [5, 5.41) is 14.5. The molecule has 0 spiro atoms. The van der Waals surface area contributed by atoms with Crippen LogP contribution in [0.2, 0.25) is 0 Å². The van der Waals surface area contributed by atoms with Gasteiger partial charge in [0.15, 0.2) is 0 Å². The SMILES string of the molecule is CC1CC(C(=O)Nc2ccc(-n3nccn3)cc2)CCN1. The van der Waals surface area contributed by atoms with E-state index in [1.165, 1.54) is 0 Å². The first kappa shape index (κ1) is 13.8. The normalized spacial score (nSPS) is 22.0. The van der Waals surface area contributed by atoms with E-state index in [1.807, 2.05) is 24.3 Å². The zero-order chi connectivity index (χ0) is 14.7. The predicted molar refractivity (Wildman–Crippen MR) is 80.2 cm³/mol. The number of benzene rings is 1. The number of hydrogen-bond donors (Lipinski definition) is 2. The van der Waals surface area contributed by atoms with Gasteiger partial charge in [0.05, 0.1) is 18.1 Å². The largest absolute Gasteiger partial charge is 0.326 e. The Labute approximate surface area is 123 Å². The van der Waals surface area contributed by atoms with E-state index < -0.39 is 0 Å². The van der Waals surface area contributed by atoms with E-state index in [-0.39, 0.29) is 11.8 Å². The summed E-state index contributed by atoms with van der Waals surface area (Å²) in [7, 11) is 0. The molecule has 110 valence electrons. The molecule has 1 amide bonds. The first-order valence-corrected chi connectivity index (χ1v) is 7.23. The second-order valence-electron chi connectivity index (χ2n) is 5.43. The molecule has 0 bridgehead atoms. The molecule has 2 heterocycles. The summed E-state index contributed by atoms with van der Waals surface area (Å²) in [6.45, 7) is 3.02. The predicted octanol–water partition coefficient (Wildman–Crippen LogP) is 1.59. The van der Waals surface area contributed by atoms with E-state index in [1.54, 1.807) is 17.2 Å². The van der Waals surface area contributed by atoms with Crippen LogP contribution in [0.1, 0.15) is 19.8 Å². The first-order valence-electron chi connectivity index (χ1n) is 7.23. The fourth-order valence-electron chi connectivity index (χ4n) is 2.64. The van der Waals surface area contributed by atoms with Crippen LogP contribution in [0.15, 0.2) is 36.7 Å². The summed E-state index contributed by atoms with van der Waals surface area (Å²) in [4.78, 5) is 13.8. The molecule has 1 aliphatic rings. The van der Waals surface area contributed by atoms with E-state index in [4.69, 9.17) is 0 Å². The van der Waals surface area contributed by atoms with Crippen LogP contribution in [-0.4, -0.2) is 33.5 Å². The Morgan fingerprint density at radius 3 is 2.67 bits per heavy atom. The van der Waals surface area contributed by atoms with Crippen molar-refractivity contribution in [1.82, 2.24) is 20.3 Å². The molecular weight excluding hydrogens is 266 g/mol. The number of amides is 1. The van der Waals surface area contributed by atoms with Gasteiger partial charge in [-0.1, -0.05) is 0 Å². The third-order valence-electron chi connectivity index (χ3n) is 3.78. The zero-order valence-corrected chi connectivity index (χ0v) is 12.0. The van der Waals surface area contributed by atoms with Crippen LogP contribution < -0.4 is 10.6 Å². The van der Waals surface area contributed by atoms with Crippen molar-refractivity contribution in [2.24, 2.45) is 5.92 Å². The second kappa shape index (κ2) is 6.05. The average Bonchev–Trinajstić information content (AvgIpc) is 3.02. The molecule has 6 heteroatoms. The molecule has 0 aliphatic carbocycles. The number of piperidine rings is 1. The molecule has 1 aliphatic heterocycles. The number of nitrogens with zero attached hydrogens (tertiary/aromatic N) is 3. The van der Waals surface area contributed by atoms with E-state index in [0.29, 0.717) is 6.04 Å². The standard InChI is InChI=1S/C15H19N5O/c1-11-10-12(6-7-16-11)15(21)19-13-2-4-14(5-3-13)20-17-8-9-18-20/h2-5,8-9,11-12,16H,6-7,10H2,1H3,(H,19,21). The fourth-order valence-corrected chi connectivity index (χ4v) is 2.64. The third-order valence-corrected chi connectivity index (χ3v) is 3.78. The van der Waals surface area contributed by atoms with Gasteiger partial charge in [-0.2, -0.15) is 15.0 Å². The Bertz CT molecular complexity index is 593. The highest BCUT2D eigenvalue weighted by molar-refractivity contribution is 5.92. The summed E-state index contributed by atoms with van der Waals surface area (Å²) >= 11 is 0. The van der Waals surface area contributed by atoms with E-state index >= 15 is 0 Å². The van der Waals surface area contributed by atoms with Gasteiger partial charge in [-0.25, -0.2) is 0 Å². The van der Waals surface area contributed by atoms with Crippen LogP contribution in [0.5, 0.6) is 0 Å². The highest BCUT2D eigenvalue weighted by Crippen LogP contribution is 2.19. The summed E-state index contributed by atoms with van der Waals surface area (Å²) in [6.07, 6.45) is 5.05. The fraction of sp³-hybridized carbons (Fsp3) is 0.400. The zero-order valence-electron chi connectivity index (χ0n) is 12.0. The molecule has 21 heavy (non-hydrogen) atoms. The summed E-state index contributed by atoms with van der Waals surface area (Å²) in [5.74, 6) is 0.196. The average molecular weight is 285 g/mol. The number of aromatic nitrogens is 3. The third kappa shape index (κ3) is 3.28. The smallest absolute Gasteiger partial charge is 0.227 e. The lowest BCUT2D eigenvalue weighted by Gasteiger charge is -2.27. The molecule has 2 atom stereocenters. The Balaban J connectivity index is 1.63. The maximum Gasteiger partial charge on any atom is 0.227 e. The van der Waals surface area contributed by atoms with Gasteiger partial charge in [0.25, 0.3) is 0 Å². The summed E-state index contributed by atoms with van der Waals surface area (Å²) < 4.78 is 0. The number of hydrogen-bond acceptors (Lipinski definition) is 4. The van der Waals surface area contributed by atoms with Crippen molar-refractivity contribution in [2.45, 2.75) is 25.8 Å². The Morgan fingerprint density at radius 2 is 2.00 bits per heavy atom. The van der Waals surface area contributed by atoms with Crippen LogP contribution in [-0.2, 0) is 4.79 Å². The maximum atomic E-state index is 12.3. The van der Waals surface area contributed by atoms with E-state index in [0.717, 1.165) is 30.8 Å². The molecule has 1 fully saturated rings. The number of carbonyl (C=O) groups is 1. The number of nitrogens with one attached hydrogen (secondary N) is 2. The van der Waals surface area contributed by atoms with Crippen molar-refractivity contribution >= 4 is 11.6 Å². The number of rotatable bonds is 3. The molecule has 6 nitrogen and oxygen atoms in total. The molecular formula is C15H19N5O. The Hall–Kier alpha value is -2.21. The first-order chi connectivity index (χ1) is 10.2. The molecule has 0 saturated carbocycles. The lowest BCUT2D eigenvalue weighted by molar-refractivity contribution is -0.120. The molecule has 2 unspecified atom stereocenters. The van der Waals surface area contributed by atoms with Crippen LogP contribution >= 0.6 is 0 Å². The highest BCUT2D eigenvalue weighted by Gasteiger charge is 2.24. The number of carbonyl (C=O) groups excluding carboxylic acids is 1. The van der Waals surface area contributed by atoms with Crippen LogP contribution in [0.25, 0.3) is 5.69 Å². The molecule has 0 radical (unpaired) electrons. The van der Waals surface area contributed by atoms with Crippen molar-refractivity contribution in [3.8, 4) is 5.69 Å².